The van der Waals surface area contributed by atoms with Crippen LogP contribution in [0.25, 0.3) is 0 Å². The molecule has 186 valence electrons. The van der Waals surface area contributed by atoms with E-state index in [9.17, 15) is 14.7 Å². The SMILES string of the molecule is CCC[C@H](C)N(C[C@@H](O)c1ccc(Cl)c(Cl)c1)C(=O)Nc1ccc(CNC(=O)C(C)(C)C)cc1. The second-order valence-corrected chi connectivity index (χ2v) is 10.4. The number of halogens is 2. The summed E-state index contributed by atoms with van der Waals surface area (Å²) in [5.41, 5.74) is 1.71. The Morgan fingerprint density at radius 1 is 1.06 bits per heavy atom. The Balaban J connectivity index is 2.07. The van der Waals surface area contributed by atoms with Crippen molar-refractivity contribution in [2.45, 2.75) is 66.2 Å². The fourth-order valence-corrected chi connectivity index (χ4v) is 3.70. The minimum Gasteiger partial charge on any atom is -0.387 e. The molecule has 34 heavy (non-hydrogen) atoms. The standard InChI is InChI=1S/C26H35Cl2N3O3/c1-6-7-17(2)31(16-23(32)19-10-13-21(27)22(28)14-19)25(34)30-20-11-8-18(9-12-20)15-29-24(33)26(3,4)5/h8-14,17,23,32H,6-7,15-16H2,1-5H3,(H,29,33)(H,30,34)/t17-,23+/m0/s1. The van der Waals surface area contributed by atoms with E-state index in [0.29, 0.717) is 27.8 Å². The van der Waals surface area contributed by atoms with Crippen LogP contribution < -0.4 is 10.6 Å². The first-order valence-corrected chi connectivity index (χ1v) is 12.3. The van der Waals surface area contributed by atoms with Crippen molar-refractivity contribution in [3.05, 3.63) is 63.6 Å². The van der Waals surface area contributed by atoms with Gasteiger partial charge in [0.15, 0.2) is 0 Å². The zero-order chi connectivity index (χ0) is 25.5. The molecule has 0 saturated carbocycles. The van der Waals surface area contributed by atoms with Crippen LogP contribution in [0.3, 0.4) is 0 Å². The van der Waals surface area contributed by atoms with Gasteiger partial charge < -0.3 is 20.6 Å². The average molecular weight is 508 g/mol. The molecule has 2 atom stereocenters. The Kier molecular flexibility index (Phi) is 10.2. The van der Waals surface area contributed by atoms with Gasteiger partial charge in [0.2, 0.25) is 5.91 Å². The van der Waals surface area contributed by atoms with Crippen LogP contribution in [0.2, 0.25) is 10.0 Å². The number of carbonyl (C=O) groups is 2. The van der Waals surface area contributed by atoms with Gasteiger partial charge in [0.05, 0.1) is 22.7 Å². The normalized spacial score (nSPS) is 13.2. The third-order valence-corrected chi connectivity index (χ3v) is 6.28. The summed E-state index contributed by atoms with van der Waals surface area (Å²) < 4.78 is 0. The molecular weight excluding hydrogens is 473 g/mol. The van der Waals surface area contributed by atoms with Crippen molar-refractivity contribution in [2.24, 2.45) is 5.41 Å². The van der Waals surface area contributed by atoms with E-state index in [2.05, 4.69) is 17.6 Å². The molecule has 0 unspecified atom stereocenters. The largest absolute Gasteiger partial charge is 0.387 e. The quantitative estimate of drug-likeness (QED) is 0.366. The van der Waals surface area contributed by atoms with Crippen LogP contribution in [-0.2, 0) is 11.3 Å². The number of anilines is 1. The van der Waals surface area contributed by atoms with Gasteiger partial charge in [0.1, 0.15) is 0 Å². The molecule has 0 aromatic heterocycles. The smallest absolute Gasteiger partial charge is 0.322 e. The molecule has 0 fully saturated rings. The Bertz CT molecular complexity index is 974. The van der Waals surface area contributed by atoms with Crippen LogP contribution in [0.15, 0.2) is 42.5 Å². The highest BCUT2D eigenvalue weighted by Crippen LogP contribution is 2.27. The summed E-state index contributed by atoms with van der Waals surface area (Å²) in [6.07, 6.45) is 0.796. The first-order valence-electron chi connectivity index (χ1n) is 11.5. The fraction of sp³-hybridized carbons (Fsp3) is 0.462. The van der Waals surface area contributed by atoms with Crippen molar-refractivity contribution >= 4 is 40.8 Å². The zero-order valence-corrected chi connectivity index (χ0v) is 22.0. The van der Waals surface area contributed by atoms with Crippen molar-refractivity contribution in [1.29, 1.82) is 0 Å². The Morgan fingerprint density at radius 3 is 2.26 bits per heavy atom. The molecule has 8 heteroatoms. The topological polar surface area (TPSA) is 81.7 Å². The third kappa shape index (κ3) is 8.19. The highest BCUT2D eigenvalue weighted by molar-refractivity contribution is 6.42. The molecule has 2 aromatic carbocycles. The van der Waals surface area contributed by atoms with E-state index in [1.54, 1.807) is 35.2 Å². The molecule has 6 nitrogen and oxygen atoms in total. The zero-order valence-electron chi connectivity index (χ0n) is 20.5. The van der Waals surface area contributed by atoms with Crippen LogP contribution in [0, 0.1) is 5.41 Å². The highest BCUT2D eigenvalue weighted by atomic mass is 35.5. The maximum absolute atomic E-state index is 13.1. The van der Waals surface area contributed by atoms with Crippen molar-refractivity contribution in [3.8, 4) is 0 Å². The molecule has 0 radical (unpaired) electrons. The molecule has 0 heterocycles. The summed E-state index contributed by atoms with van der Waals surface area (Å²) in [5.74, 6) is -0.0223. The van der Waals surface area contributed by atoms with Gasteiger partial charge in [-0.15, -0.1) is 0 Å². The lowest BCUT2D eigenvalue weighted by atomic mass is 9.95. The lowest BCUT2D eigenvalue weighted by molar-refractivity contribution is -0.128. The van der Waals surface area contributed by atoms with E-state index < -0.39 is 11.5 Å². The first-order chi connectivity index (χ1) is 15.9. The van der Waals surface area contributed by atoms with E-state index in [1.807, 2.05) is 39.8 Å². The summed E-state index contributed by atoms with van der Waals surface area (Å²) in [6, 6.07) is 11.9. The van der Waals surface area contributed by atoms with E-state index in [0.717, 1.165) is 18.4 Å². The average Bonchev–Trinajstić information content (AvgIpc) is 2.77. The Labute approximate surface area is 212 Å². The maximum atomic E-state index is 13.1. The monoisotopic (exact) mass is 507 g/mol. The summed E-state index contributed by atoms with van der Waals surface area (Å²) in [5, 5.41) is 17.4. The van der Waals surface area contributed by atoms with Gasteiger partial charge in [-0.1, -0.05) is 75.5 Å². The second kappa shape index (κ2) is 12.4. The number of benzene rings is 2. The molecule has 0 saturated heterocycles. The molecule has 2 aromatic rings. The van der Waals surface area contributed by atoms with Crippen molar-refractivity contribution < 1.29 is 14.7 Å². The van der Waals surface area contributed by atoms with Crippen molar-refractivity contribution in [1.82, 2.24) is 10.2 Å². The Morgan fingerprint density at radius 2 is 1.71 bits per heavy atom. The number of nitrogens with one attached hydrogen (secondary N) is 2. The molecule has 3 N–H and O–H groups in total. The van der Waals surface area contributed by atoms with E-state index >= 15 is 0 Å². The molecular formula is C26H35Cl2N3O3. The maximum Gasteiger partial charge on any atom is 0.322 e. The van der Waals surface area contributed by atoms with Gasteiger partial charge in [0, 0.05) is 23.7 Å². The molecule has 0 spiro atoms. The number of rotatable bonds is 9. The van der Waals surface area contributed by atoms with Crippen LogP contribution >= 0.6 is 23.2 Å². The van der Waals surface area contributed by atoms with E-state index in [-0.39, 0.29) is 24.5 Å². The van der Waals surface area contributed by atoms with Crippen LogP contribution in [-0.4, -0.2) is 34.5 Å². The third-order valence-electron chi connectivity index (χ3n) is 5.54. The molecule has 0 aliphatic carbocycles. The Hall–Kier alpha value is -2.28. The van der Waals surface area contributed by atoms with Gasteiger partial charge in [-0.3, -0.25) is 4.79 Å². The van der Waals surface area contributed by atoms with Gasteiger partial charge >= 0.3 is 6.03 Å². The second-order valence-electron chi connectivity index (χ2n) is 9.54. The molecule has 0 bridgehead atoms. The highest BCUT2D eigenvalue weighted by Gasteiger charge is 2.24. The number of amides is 3. The number of nitrogens with zero attached hydrogens (tertiary/aromatic N) is 1. The van der Waals surface area contributed by atoms with Gasteiger partial charge in [-0.25, -0.2) is 4.79 Å². The lowest BCUT2D eigenvalue weighted by Crippen LogP contribution is -2.43. The summed E-state index contributed by atoms with van der Waals surface area (Å²) in [6.45, 7) is 10.1. The fourth-order valence-electron chi connectivity index (χ4n) is 3.40. The number of carbonyl (C=O) groups excluding carboxylic acids is 2. The van der Waals surface area contributed by atoms with E-state index in [4.69, 9.17) is 23.2 Å². The minimum atomic E-state index is -0.909. The first kappa shape index (κ1) is 28.0. The summed E-state index contributed by atoms with van der Waals surface area (Å²) in [4.78, 5) is 26.8. The number of aliphatic hydroxyl groups excluding tert-OH is 1. The van der Waals surface area contributed by atoms with Gasteiger partial charge in [-0.05, 0) is 48.7 Å². The molecule has 2 rings (SSSR count). The minimum absolute atomic E-state index is 0.0223. The molecule has 0 aliphatic rings. The molecule has 0 aliphatic heterocycles. The number of hydrogen-bond donors (Lipinski definition) is 3. The van der Waals surface area contributed by atoms with Crippen LogP contribution in [0.5, 0.6) is 0 Å². The van der Waals surface area contributed by atoms with Gasteiger partial charge in [-0.2, -0.15) is 0 Å². The van der Waals surface area contributed by atoms with Crippen molar-refractivity contribution in [2.75, 3.05) is 11.9 Å². The summed E-state index contributed by atoms with van der Waals surface area (Å²) in [7, 11) is 0. The van der Waals surface area contributed by atoms with Crippen LogP contribution in [0.4, 0.5) is 10.5 Å². The predicted octanol–water partition coefficient (Wildman–Crippen LogP) is 6.41. The number of aliphatic hydroxyl groups is 1. The lowest BCUT2D eigenvalue weighted by Gasteiger charge is -2.31. The molecule has 3 amide bonds. The van der Waals surface area contributed by atoms with Gasteiger partial charge in [0.25, 0.3) is 0 Å². The number of hydrogen-bond acceptors (Lipinski definition) is 3. The van der Waals surface area contributed by atoms with Crippen LogP contribution in [0.1, 0.15) is 64.7 Å². The summed E-state index contributed by atoms with van der Waals surface area (Å²) >= 11 is 12.1. The van der Waals surface area contributed by atoms with Crippen molar-refractivity contribution in [3.63, 3.8) is 0 Å². The predicted molar refractivity (Wildman–Crippen MR) is 139 cm³/mol. The number of urea groups is 1. The van der Waals surface area contributed by atoms with E-state index in [1.165, 1.54) is 0 Å².